The lowest BCUT2D eigenvalue weighted by atomic mass is 9.59. The van der Waals surface area contributed by atoms with E-state index >= 15 is 0 Å². The van der Waals surface area contributed by atoms with Crippen LogP contribution in [0, 0.1) is 0 Å². The van der Waals surface area contributed by atoms with Crippen LogP contribution in [0.5, 0.6) is 0 Å². The Balaban J connectivity index is 1.75. The Kier molecular flexibility index (Phi) is 6.24. The van der Waals surface area contributed by atoms with Crippen molar-refractivity contribution in [3.8, 4) is 5.82 Å². The van der Waals surface area contributed by atoms with Crippen LogP contribution in [0.15, 0.2) is 151 Å². The van der Waals surface area contributed by atoms with Crippen LogP contribution in [0.1, 0.15) is 33.9 Å². The van der Waals surface area contributed by atoms with Gasteiger partial charge in [-0.15, -0.1) is 0 Å². The monoisotopic (exact) mass is 494 g/mol. The molecule has 3 aromatic carbocycles. The summed E-state index contributed by atoms with van der Waals surface area (Å²) in [6.45, 7) is 0. The van der Waals surface area contributed by atoms with Gasteiger partial charge >= 0.3 is 0 Å². The van der Waals surface area contributed by atoms with Crippen LogP contribution in [0.25, 0.3) is 5.82 Å². The average molecular weight is 495 g/mol. The van der Waals surface area contributed by atoms with Gasteiger partial charge < -0.3 is 4.98 Å². The normalized spacial score (nSPS) is 12.2. The largest absolute Gasteiger partial charge is 0.348 e. The number of aromatic nitrogens is 4. The van der Waals surface area contributed by atoms with E-state index in [9.17, 15) is 4.79 Å². The number of aromatic amines is 1. The van der Waals surface area contributed by atoms with Gasteiger partial charge in [-0.05, 0) is 34.9 Å². The summed E-state index contributed by atoms with van der Waals surface area (Å²) in [6.07, 6.45) is 6.97. The topological polar surface area (TPSA) is 63.6 Å². The molecule has 0 saturated heterocycles. The maximum atomic E-state index is 14.3. The highest BCUT2D eigenvalue weighted by Crippen LogP contribution is 2.51. The standard InChI is InChI=1S/C33H26N4O/c38-32-28(19-12-22-37(32)30-20-10-11-21-35-30)31(29-23-34-24-36-29)33(25-13-4-1-5-14-25,26-15-6-2-7-16-26)27-17-8-3-9-18-27/h1-24,31H,(H,34,36). The summed E-state index contributed by atoms with van der Waals surface area (Å²) >= 11 is 0. The fraction of sp³-hybridized carbons (Fsp3) is 0.0606. The quantitative estimate of drug-likeness (QED) is 0.272. The van der Waals surface area contributed by atoms with E-state index < -0.39 is 11.3 Å². The van der Waals surface area contributed by atoms with Gasteiger partial charge in [0.15, 0.2) is 0 Å². The van der Waals surface area contributed by atoms with Crippen LogP contribution in [-0.2, 0) is 5.41 Å². The smallest absolute Gasteiger partial charge is 0.260 e. The molecule has 6 aromatic rings. The summed E-state index contributed by atoms with van der Waals surface area (Å²) in [5.41, 5.74) is 3.83. The summed E-state index contributed by atoms with van der Waals surface area (Å²) in [5, 5.41) is 0. The molecule has 3 heterocycles. The third kappa shape index (κ3) is 3.95. The third-order valence-corrected chi connectivity index (χ3v) is 7.13. The van der Waals surface area contributed by atoms with Gasteiger partial charge in [-0.25, -0.2) is 9.97 Å². The van der Waals surface area contributed by atoms with Gasteiger partial charge in [0.05, 0.1) is 11.7 Å². The number of hydrogen-bond acceptors (Lipinski definition) is 3. The van der Waals surface area contributed by atoms with E-state index in [0.717, 1.165) is 22.4 Å². The van der Waals surface area contributed by atoms with Crippen molar-refractivity contribution < 1.29 is 0 Å². The molecule has 5 heteroatoms. The van der Waals surface area contributed by atoms with E-state index in [-0.39, 0.29) is 5.56 Å². The number of imidazole rings is 1. The Morgan fingerprint density at radius 1 is 0.684 bits per heavy atom. The van der Waals surface area contributed by atoms with Crippen molar-refractivity contribution in [3.63, 3.8) is 0 Å². The van der Waals surface area contributed by atoms with Gasteiger partial charge in [0.2, 0.25) is 0 Å². The zero-order valence-corrected chi connectivity index (χ0v) is 20.7. The molecular weight excluding hydrogens is 468 g/mol. The number of nitrogens with zero attached hydrogens (tertiary/aromatic N) is 3. The first-order chi connectivity index (χ1) is 18.8. The van der Waals surface area contributed by atoms with Crippen LogP contribution >= 0.6 is 0 Å². The first-order valence-electron chi connectivity index (χ1n) is 12.6. The molecule has 1 N–H and O–H groups in total. The molecule has 0 bridgehead atoms. The van der Waals surface area contributed by atoms with Crippen LogP contribution in [0.2, 0.25) is 0 Å². The van der Waals surface area contributed by atoms with Gasteiger partial charge in [0.25, 0.3) is 5.56 Å². The van der Waals surface area contributed by atoms with Gasteiger partial charge in [-0.2, -0.15) is 0 Å². The van der Waals surface area contributed by atoms with E-state index in [4.69, 9.17) is 0 Å². The predicted octanol–water partition coefficient (Wildman–Crippen LogP) is 6.12. The van der Waals surface area contributed by atoms with Crippen molar-refractivity contribution in [1.29, 1.82) is 0 Å². The highest BCUT2D eigenvalue weighted by molar-refractivity contribution is 5.57. The van der Waals surface area contributed by atoms with Crippen LogP contribution in [-0.4, -0.2) is 19.5 Å². The van der Waals surface area contributed by atoms with Crippen molar-refractivity contribution in [2.24, 2.45) is 0 Å². The Hall–Kier alpha value is -5.03. The third-order valence-electron chi connectivity index (χ3n) is 7.13. The lowest BCUT2D eigenvalue weighted by molar-refractivity contribution is 0.523. The molecule has 1 unspecified atom stereocenters. The Morgan fingerprint density at radius 2 is 1.26 bits per heavy atom. The second kappa shape index (κ2) is 10.1. The van der Waals surface area contributed by atoms with Crippen molar-refractivity contribution in [2.75, 3.05) is 0 Å². The molecule has 0 fully saturated rings. The van der Waals surface area contributed by atoms with E-state index in [1.807, 2.05) is 54.7 Å². The number of rotatable bonds is 7. The van der Waals surface area contributed by atoms with Crippen LogP contribution in [0.4, 0.5) is 0 Å². The minimum absolute atomic E-state index is 0.127. The molecule has 3 aromatic heterocycles. The minimum atomic E-state index is -0.751. The second-order valence-electron chi connectivity index (χ2n) is 9.17. The summed E-state index contributed by atoms with van der Waals surface area (Å²) in [7, 11) is 0. The lowest BCUT2D eigenvalue weighted by Crippen LogP contribution is -2.40. The maximum Gasteiger partial charge on any atom is 0.260 e. The maximum absolute atomic E-state index is 14.3. The number of pyridine rings is 2. The zero-order chi connectivity index (χ0) is 25.8. The van der Waals surface area contributed by atoms with Crippen LogP contribution < -0.4 is 5.56 Å². The highest BCUT2D eigenvalue weighted by atomic mass is 16.1. The number of benzene rings is 3. The number of H-pyrrole nitrogens is 1. The molecular formula is C33H26N4O. The molecule has 38 heavy (non-hydrogen) atoms. The minimum Gasteiger partial charge on any atom is -0.348 e. The van der Waals surface area contributed by atoms with Gasteiger partial charge in [0.1, 0.15) is 5.82 Å². The molecule has 6 rings (SSSR count). The lowest BCUT2D eigenvalue weighted by Gasteiger charge is -2.42. The Morgan fingerprint density at radius 3 is 1.76 bits per heavy atom. The molecule has 0 amide bonds. The first-order valence-corrected chi connectivity index (χ1v) is 12.6. The molecule has 1 atom stereocenters. The van der Waals surface area contributed by atoms with Crippen molar-refractivity contribution in [3.05, 3.63) is 185 Å². The predicted molar refractivity (Wildman–Crippen MR) is 149 cm³/mol. The molecule has 0 aliphatic heterocycles. The van der Waals surface area contributed by atoms with Gasteiger partial charge in [-0.3, -0.25) is 9.36 Å². The molecule has 0 spiro atoms. The molecule has 0 radical (unpaired) electrons. The van der Waals surface area contributed by atoms with Gasteiger partial charge in [0, 0.05) is 35.8 Å². The first kappa shape index (κ1) is 23.4. The van der Waals surface area contributed by atoms with E-state index in [2.05, 4.69) is 87.7 Å². The molecule has 0 aliphatic carbocycles. The molecule has 0 saturated carbocycles. The zero-order valence-electron chi connectivity index (χ0n) is 20.7. The summed E-state index contributed by atoms with van der Waals surface area (Å²) in [5.74, 6) is 0.147. The van der Waals surface area contributed by atoms with E-state index in [0.29, 0.717) is 11.4 Å². The molecule has 0 aliphatic rings. The highest BCUT2D eigenvalue weighted by Gasteiger charge is 2.47. The average Bonchev–Trinajstić information content (AvgIpc) is 3.53. The fourth-order valence-electron chi connectivity index (χ4n) is 5.57. The van der Waals surface area contributed by atoms with Crippen molar-refractivity contribution in [1.82, 2.24) is 19.5 Å². The number of nitrogens with one attached hydrogen (secondary N) is 1. The Labute approximate surface area is 221 Å². The van der Waals surface area contributed by atoms with Gasteiger partial charge in [-0.1, -0.05) is 103 Å². The van der Waals surface area contributed by atoms with E-state index in [1.165, 1.54) is 0 Å². The summed E-state index contributed by atoms with van der Waals surface area (Å²) in [4.78, 5) is 26.5. The SMILES string of the molecule is O=c1c(C(c2cnc[nH]2)C(c2ccccc2)(c2ccccc2)c2ccccc2)cccn1-c1ccccn1. The van der Waals surface area contributed by atoms with Crippen molar-refractivity contribution >= 4 is 0 Å². The molecule has 5 nitrogen and oxygen atoms in total. The summed E-state index contributed by atoms with van der Waals surface area (Å²) < 4.78 is 1.62. The molecule has 184 valence electrons. The number of hydrogen-bond donors (Lipinski definition) is 1. The second-order valence-corrected chi connectivity index (χ2v) is 9.17. The fourth-order valence-corrected chi connectivity index (χ4v) is 5.57. The Bertz CT molecular complexity index is 1570. The van der Waals surface area contributed by atoms with Crippen LogP contribution in [0.3, 0.4) is 0 Å². The van der Waals surface area contributed by atoms with Crippen molar-refractivity contribution in [2.45, 2.75) is 11.3 Å². The summed E-state index contributed by atoms with van der Waals surface area (Å²) in [6, 6.07) is 40.6. The van der Waals surface area contributed by atoms with E-state index in [1.54, 1.807) is 23.3 Å².